The van der Waals surface area contributed by atoms with Crippen molar-refractivity contribution in [2.45, 2.75) is 44.9 Å². The number of aromatic nitrogens is 2. The molecule has 1 aromatic carbocycles. The molecule has 1 unspecified atom stereocenters. The number of likely N-dealkylation sites (tertiary alicyclic amines) is 2. The molecule has 1 spiro atoms. The van der Waals surface area contributed by atoms with Crippen LogP contribution in [0.5, 0.6) is 0 Å². The van der Waals surface area contributed by atoms with E-state index in [4.69, 9.17) is 0 Å². The summed E-state index contributed by atoms with van der Waals surface area (Å²) in [5.74, 6) is 0.729. The van der Waals surface area contributed by atoms with Crippen molar-refractivity contribution in [3.63, 3.8) is 0 Å². The maximum Gasteiger partial charge on any atom is 0.272 e. The Morgan fingerprint density at radius 2 is 1.90 bits per heavy atom. The highest BCUT2D eigenvalue weighted by Crippen LogP contribution is 2.44. The van der Waals surface area contributed by atoms with Crippen molar-refractivity contribution in [3.8, 4) is 0 Å². The lowest BCUT2D eigenvalue weighted by Crippen LogP contribution is -2.51. The first-order valence-electron chi connectivity index (χ1n) is 11.1. The minimum absolute atomic E-state index is 0.140. The lowest BCUT2D eigenvalue weighted by Gasteiger charge is -2.49. The highest BCUT2D eigenvalue weighted by Gasteiger charge is 2.42. The van der Waals surface area contributed by atoms with Crippen molar-refractivity contribution in [3.05, 3.63) is 53.3 Å². The Hall–Kier alpha value is -2.14. The summed E-state index contributed by atoms with van der Waals surface area (Å²) in [6.45, 7) is 6.11. The molecule has 2 aliphatic rings. The Labute approximate surface area is 174 Å². The van der Waals surface area contributed by atoms with E-state index in [1.807, 2.05) is 18.0 Å². The van der Waals surface area contributed by atoms with Crippen LogP contribution in [0.15, 0.2) is 36.4 Å². The zero-order valence-corrected chi connectivity index (χ0v) is 18.1. The molecule has 2 aromatic rings. The minimum atomic E-state index is 0.140. The lowest BCUT2D eigenvalue weighted by molar-refractivity contribution is 0.0220. The van der Waals surface area contributed by atoms with Crippen LogP contribution in [0.25, 0.3) is 0 Å². The fourth-order valence-corrected chi connectivity index (χ4v) is 5.43. The predicted molar refractivity (Wildman–Crippen MR) is 116 cm³/mol. The van der Waals surface area contributed by atoms with Gasteiger partial charge >= 0.3 is 0 Å². The van der Waals surface area contributed by atoms with Crippen LogP contribution in [-0.2, 0) is 13.5 Å². The molecule has 1 aromatic heterocycles. The van der Waals surface area contributed by atoms with Gasteiger partial charge in [-0.05, 0) is 55.7 Å². The van der Waals surface area contributed by atoms with E-state index in [1.165, 1.54) is 12.0 Å². The summed E-state index contributed by atoms with van der Waals surface area (Å²) in [7, 11) is 4.14. The number of carbonyl (C=O) groups is 1. The number of hydrogen-bond donors (Lipinski definition) is 0. The third-order valence-electron chi connectivity index (χ3n) is 6.85. The van der Waals surface area contributed by atoms with Gasteiger partial charge in [0, 0.05) is 33.2 Å². The van der Waals surface area contributed by atoms with E-state index in [-0.39, 0.29) is 5.91 Å². The van der Waals surface area contributed by atoms with Gasteiger partial charge in [-0.1, -0.05) is 43.7 Å². The zero-order valence-electron chi connectivity index (χ0n) is 18.1. The first kappa shape index (κ1) is 20.1. The highest BCUT2D eigenvalue weighted by atomic mass is 16.2. The number of amides is 1. The Balaban J connectivity index is 1.43. The fraction of sp³-hybridized carbons (Fsp3) is 0.583. The number of likely N-dealkylation sites (N-methyl/N-ethyl adjacent to an activating group) is 1. The maximum absolute atomic E-state index is 13.1. The molecule has 2 fully saturated rings. The number of aryl methyl sites for hydroxylation is 2. The molecule has 0 aliphatic carbocycles. The largest absolute Gasteiger partial charge is 0.337 e. The third-order valence-corrected chi connectivity index (χ3v) is 6.85. The molecule has 29 heavy (non-hydrogen) atoms. The van der Waals surface area contributed by atoms with Gasteiger partial charge in [-0.2, -0.15) is 5.10 Å². The van der Waals surface area contributed by atoms with E-state index in [0.717, 1.165) is 63.3 Å². The summed E-state index contributed by atoms with van der Waals surface area (Å²) >= 11 is 0. The van der Waals surface area contributed by atoms with Crippen molar-refractivity contribution in [1.82, 2.24) is 19.6 Å². The first-order valence-corrected chi connectivity index (χ1v) is 11.1. The summed E-state index contributed by atoms with van der Waals surface area (Å²) in [5.41, 5.74) is 3.53. The molecule has 1 amide bonds. The second kappa shape index (κ2) is 8.31. The van der Waals surface area contributed by atoms with E-state index in [1.54, 1.807) is 4.68 Å². The fourth-order valence-electron chi connectivity index (χ4n) is 5.43. The first-order chi connectivity index (χ1) is 14.0. The average molecular weight is 395 g/mol. The quantitative estimate of drug-likeness (QED) is 0.794. The number of piperidine rings is 2. The molecule has 5 nitrogen and oxygen atoms in total. The third kappa shape index (κ3) is 4.25. The molecule has 156 valence electrons. The highest BCUT2D eigenvalue weighted by molar-refractivity contribution is 5.92. The number of carbonyl (C=O) groups excluding carboxylic acids is 1. The van der Waals surface area contributed by atoms with E-state index < -0.39 is 0 Å². The van der Waals surface area contributed by atoms with Crippen molar-refractivity contribution in [2.24, 2.45) is 12.5 Å². The number of benzene rings is 1. The van der Waals surface area contributed by atoms with Gasteiger partial charge in [0.25, 0.3) is 5.91 Å². The SMILES string of the molecule is CCCc1cc(C(=O)N2CCC3(CC2)CC(c2ccccc2)CN(C)C3)n(C)n1. The molecular weight excluding hydrogens is 360 g/mol. The smallest absolute Gasteiger partial charge is 0.272 e. The number of nitrogens with zero attached hydrogens (tertiary/aromatic N) is 4. The van der Waals surface area contributed by atoms with Crippen molar-refractivity contribution < 1.29 is 4.79 Å². The number of hydrogen-bond acceptors (Lipinski definition) is 3. The lowest BCUT2D eigenvalue weighted by atomic mass is 9.68. The molecule has 0 saturated carbocycles. The van der Waals surface area contributed by atoms with Crippen LogP contribution in [0.4, 0.5) is 0 Å². The standard InChI is InChI=1S/C24H34N4O/c1-4-8-21-15-22(27(3)25-21)23(29)28-13-11-24(12-14-28)16-20(17-26(2)18-24)19-9-6-5-7-10-19/h5-7,9-10,15,20H,4,8,11-14,16-18H2,1-3H3. The van der Waals surface area contributed by atoms with Gasteiger partial charge in [0.15, 0.2) is 0 Å². The molecule has 3 heterocycles. The normalized spacial score (nSPS) is 22.2. The zero-order chi connectivity index (χ0) is 20.4. The molecule has 2 saturated heterocycles. The summed E-state index contributed by atoms with van der Waals surface area (Å²) in [6, 6.07) is 12.9. The van der Waals surface area contributed by atoms with Gasteiger partial charge in [-0.15, -0.1) is 0 Å². The van der Waals surface area contributed by atoms with Gasteiger partial charge in [0.2, 0.25) is 0 Å². The average Bonchev–Trinajstić information content (AvgIpc) is 3.08. The topological polar surface area (TPSA) is 41.4 Å². The summed E-state index contributed by atoms with van der Waals surface area (Å²) < 4.78 is 1.76. The van der Waals surface area contributed by atoms with Gasteiger partial charge in [0.05, 0.1) is 5.69 Å². The van der Waals surface area contributed by atoms with Crippen LogP contribution in [0, 0.1) is 5.41 Å². The summed E-state index contributed by atoms with van der Waals surface area (Å²) in [6.07, 6.45) is 5.39. The molecule has 0 bridgehead atoms. The second-order valence-corrected chi connectivity index (χ2v) is 9.20. The second-order valence-electron chi connectivity index (χ2n) is 9.20. The molecule has 5 heteroatoms. The van der Waals surface area contributed by atoms with Crippen LogP contribution in [0.1, 0.15) is 60.3 Å². The van der Waals surface area contributed by atoms with Crippen molar-refractivity contribution >= 4 is 5.91 Å². The molecular formula is C24H34N4O. The molecule has 2 aliphatic heterocycles. The van der Waals surface area contributed by atoms with Gasteiger partial charge in [-0.3, -0.25) is 9.48 Å². The van der Waals surface area contributed by atoms with Crippen LogP contribution >= 0.6 is 0 Å². The van der Waals surface area contributed by atoms with E-state index in [2.05, 4.69) is 54.3 Å². The van der Waals surface area contributed by atoms with Gasteiger partial charge in [0.1, 0.15) is 5.69 Å². The Bertz CT molecular complexity index is 836. The van der Waals surface area contributed by atoms with E-state index >= 15 is 0 Å². The monoisotopic (exact) mass is 394 g/mol. The van der Waals surface area contributed by atoms with Crippen molar-refractivity contribution in [2.75, 3.05) is 33.2 Å². The molecule has 4 rings (SSSR count). The summed E-state index contributed by atoms with van der Waals surface area (Å²) in [5, 5.41) is 4.52. The Morgan fingerprint density at radius 1 is 1.17 bits per heavy atom. The van der Waals surface area contributed by atoms with Crippen molar-refractivity contribution in [1.29, 1.82) is 0 Å². The molecule has 0 radical (unpaired) electrons. The Morgan fingerprint density at radius 3 is 2.59 bits per heavy atom. The van der Waals surface area contributed by atoms with Crippen LogP contribution in [0.2, 0.25) is 0 Å². The minimum Gasteiger partial charge on any atom is -0.337 e. The van der Waals surface area contributed by atoms with Crippen LogP contribution in [0.3, 0.4) is 0 Å². The van der Waals surface area contributed by atoms with E-state index in [9.17, 15) is 4.79 Å². The van der Waals surface area contributed by atoms with Crippen LogP contribution < -0.4 is 0 Å². The Kier molecular flexibility index (Phi) is 5.77. The number of rotatable bonds is 4. The molecule has 1 atom stereocenters. The van der Waals surface area contributed by atoms with E-state index in [0.29, 0.717) is 11.3 Å². The molecule has 0 N–H and O–H groups in total. The van der Waals surface area contributed by atoms with Crippen LogP contribution in [-0.4, -0.2) is 58.7 Å². The summed E-state index contributed by atoms with van der Waals surface area (Å²) in [4.78, 5) is 17.7. The predicted octanol–water partition coefficient (Wildman–Crippen LogP) is 3.71. The van der Waals surface area contributed by atoms with Gasteiger partial charge < -0.3 is 9.80 Å². The maximum atomic E-state index is 13.1. The van der Waals surface area contributed by atoms with Gasteiger partial charge in [-0.25, -0.2) is 0 Å².